The molecule has 3 aromatic rings. The van der Waals surface area contributed by atoms with E-state index in [1.807, 2.05) is 42.9 Å². The SMILES string of the molecule is Cc1c2ccc(NC(=O)c3ccc(CN)s3)cc2nn1C. The van der Waals surface area contributed by atoms with E-state index in [0.29, 0.717) is 11.4 Å². The summed E-state index contributed by atoms with van der Waals surface area (Å²) in [5.74, 6) is -0.119. The van der Waals surface area contributed by atoms with Gasteiger partial charge in [-0.05, 0) is 37.3 Å². The molecule has 0 aliphatic heterocycles. The fourth-order valence-electron chi connectivity index (χ4n) is 2.21. The summed E-state index contributed by atoms with van der Waals surface area (Å²) >= 11 is 1.41. The molecular weight excluding hydrogens is 284 g/mol. The summed E-state index contributed by atoms with van der Waals surface area (Å²) in [5.41, 5.74) is 8.29. The van der Waals surface area contributed by atoms with Crippen molar-refractivity contribution < 1.29 is 4.79 Å². The third-order valence-electron chi connectivity index (χ3n) is 3.48. The van der Waals surface area contributed by atoms with Crippen LogP contribution in [0, 0.1) is 6.92 Å². The van der Waals surface area contributed by atoms with Gasteiger partial charge in [-0.1, -0.05) is 0 Å². The minimum absolute atomic E-state index is 0.119. The number of thiophene rings is 1. The molecule has 0 saturated carbocycles. The molecule has 0 bridgehead atoms. The molecule has 0 aliphatic carbocycles. The molecule has 0 saturated heterocycles. The van der Waals surface area contributed by atoms with E-state index < -0.39 is 0 Å². The monoisotopic (exact) mass is 300 g/mol. The second kappa shape index (κ2) is 5.31. The molecular formula is C15H16N4OS. The number of nitrogens with two attached hydrogens (primary N) is 1. The maximum atomic E-state index is 12.2. The van der Waals surface area contributed by atoms with Crippen LogP contribution in [0.2, 0.25) is 0 Å². The van der Waals surface area contributed by atoms with E-state index in [2.05, 4.69) is 10.4 Å². The van der Waals surface area contributed by atoms with Crippen LogP contribution in [-0.2, 0) is 13.6 Å². The molecule has 0 aliphatic rings. The second-order valence-corrected chi connectivity index (χ2v) is 6.03. The molecule has 21 heavy (non-hydrogen) atoms. The number of hydrogen-bond acceptors (Lipinski definition) is 4. The smallest absolute Gasteiger partial charge is 0.265 e. The summed E-state index contributed by atoms with van der Waals surface area (Å²) < 4.78 is 1.84. The topological polar surface area (TPSA) is 72.9 Å². The molecule has 0 radical (unpaired) electrons. The number of hydrogen-bond donors (Lipinski definition) is 2. The Bertz CT molecular complexity index is 818. The number of carbonyl (C=O) groups excluding carboxylic acids is 1. The molecule has 1 aromatic carbocycles. The van der Waals surface area contributed by atoms with Gasteiger partial charge >= 0.3 is 0 Å². The standard InChI is InChI=1S/C15H16N4OS/c1-9-12-5-3-10(7-13(12)18-19(9)2)17-15(20)14-6-4-11(8-16)21-14/h3-7H,8,16H2,1-2H3,(H,17,20). The molecule has 3 N–H and O–H groups in total. The van der Waals surface area contributed by atoms with E-state index >= 15 is 0 Å². The van der Waals surface area contributed by atoms with Gasteiger partial charge in [0.05, 0.1) is 10.4 Å². The number of nitrogens with zero attached hydrogens (tertiary/aromatic N) is 2. The normalized spacial score (nSPS) is 11.0. The van der Waals surface area contributed by atoms with Crippen LogP contribution in [-0.4, -0.2) is 15.7 Å². The first-order chi connectivity index (χ1) is 10.1. The number of rotatable bonds is 3. The first-order valence-corrected chi connectivity index (χ1v) is 7.43. The van der Waals surface area contributed by atoms with E-state index in [-0.39, 0.29) is 5.91 Å². The summed E-state index contributed by atoms with van der Waals surface area (Å²) in [6.45, 7) is 2.48. The lowest BCUT2D eigenvalue weighted by Crippen LogP contribution is -2.09. The maximum absolute atomic E-state index is 12.2. The number of nitrogens with one attached hydrogen (secondary N) is 1. The van der Waals surface area contributed by atoms with Crippen LogP contribution in [0.25, 0.3) is 10.9 Å². The molecule has 0 spiro atoms. The number of carbonyl (C=O) groups is 1. The van der Waals surface area contributed by atoms with E-state index in [1.54, 1.807) is 6.07 Å². The minimum Gasteiger partial charge on any atom is -0.326 e. The lowest BCUT2D eigenvalue weighted by atomic mass is 10.2. The van der Waals surface area contributed by atoms with Crippen LogP contribution in [0.15, 0.2) is 30.3 Å². The minimum atomic E-state index is -0.119. The van der Waals surface area contributed by atoms with Crippen molar-refractivity contribution in [1.82, 2.24) is 9.78 Å². The van der Waals surface area contributed by atoms with Crippen LogP contribution in [0.1, 0.15) is 20.2 Å². The van der Waals surface area contributed by atoms with Gasteiger partial charge in [0.15, 0.2) is 0 Å². The number of aryl methyl sites for hydroxylation is 2. The summed E-state index contributed by atoms with van der Waals surface area (Å²) in [6.07, 6.45) is 0. The molecule has 6 heteroatoms. The largest absolute Gasteiger partial charge is 0.326 e. The molecule has 2 aromatic heterocycles. The maximum Gasteiger partial charge on any atom is 0.265 e. The Morgan fingerprint density at radius 1 is 1.38 bits per heavy atom. The van der Waals surface area contributed by atoms with E-state index in [0.717, 1.165) is 27.2 Å². The van der Waals surface area contributed by atoms with Crippen LogP contribution in [0.3, 0.4) is 0 Å². The summed E-state index contributed by atoms with van der Waals surface area (Å²) in [4.78, 5) is 13.8. The lowest BCUT2D eigenvalue weighted by Gasteiger charge is -2.03. The fourth-order valence-corrected chi connectivity index (χ4v) is 2.99. The van der Waals surface area contributed by atoms with Crippen LogP contribution in [0.5, 0.6) is 0 Å². The molecule has 1 amide bonds. The highest BCUT2D eigenvalue weighted by atomic mass is 32.1. The average Bonchev–Trinajstić information content (AvgIpc) is 3.05. The summed E-state index contributed by atoms with van der Waals surface area (Å²) in [6, 6.07) is 9.44. The zero-order valence-electron chi connectivity index (χ0n) is 11.9. The Morgan fingerprint density at radius 2 is 2.19 bits per heavy atom. The highest BCUT2D eigenvalue weighted by Gasteiger charge is 2.11. The van der Waals surface area contributed by atoms with Crippen molar-refractivity contribution in [2.24, 2.45) is 12.8 Å². The number of benzene rings is 1. The van der Waals surface area contributed by atoms with Gasteiger partial charge in [-0.25, -0.2) is 0 Å². The number of amides is 1. The highest BCUT2D eigenvalue weighted by molar-refractivity contribution is 7.14. The molecule has 108 valence electrons. The lowest BCUT2D eigenvalue weighted by molar-refractivity contribution is 0.103. The number of anilines is 1. The van der Waals surface area contributed by atoms with E-state index in [9.17, 15) is 4.79 Å². The summed E-state index contributed by atoms with van der Waals surface area (Å²) in [5, 5.41) is 8.41. The van der Waals surface area contributed by atoms with Crippen LogP contribution >= 0.6 is 11.3 Å². The molecule has 5 nitrogen and oxygen atoms in total. The molecule has 2 heterocycles. The molecule has 3 rings (SSSR count). The van der Waals surface area contributed by atoms with Gasteiger partial charge in [0.1, 0.15) is 0 Å². The Kier molecular flexibility index (Phi) is 3.48. The van der Waals surface area contributed by atoms with E-state index in [4.69, 9.17) is 5.73 Å². The van der Waals surface area contributed by atoms with Crippen LogP contribution < -0.4 is 11.1 Å². The van der Waals surface area contributed by atoms with Crippen LogP contribution in [0.4, 0.5) is 5.69 Å². The zero-order chi connectivity index (χ0) is 15.0. The molecule has 0 atom stereocenters. The van der Waals surface area contributed by atoms with Crippen molar-refractivity contribution >= 4 is 33.8 Å². The third-order valence-corrected chi connectivity index (χ3v) is 4.58. The third kappa shape index (κ3) is 2.55. The van der Waals surface area contributed by atoms with Gasteiger partial charge in [0, 0.05) is 35.2 Å². The summed E-state index contributed by atoms with van der Waals surface area (Å²) in [7, 11) is 1.91. The van der Waals surface area contributed by atoms with E-state index in [1.165, 1.54) is 11.3 Å². The molecule has 0 fully saturated rings. The van der Waals surface area contributed by atoms with Crippen molar-refractivity contribution in [3.63, 3.8) is 0 Å². The Labute approximate surface area is 126 Å². The van der Waals surface area contributed by atoms with Gasteiger partial charge < -0.3 is 11.1 Å². The number of aromatic nitrogens is 2. The Morgan fingerprint density at radius 3 is 2.90 bits per heavy atom. The predicted molar refractivity (Wildman–Crippen MR) is 85.6 cm³/mol. The highest BCUT2D eigenvalue weighted by Crippen LogP contribution is 2.22. The van der Waals surface area contributed by atoms with Gasteiger partial charge in [-0.2, -0.15) is 5.10 Å². The van der Waals surface area contributed by atoms with Crippen molar-refractivity contribution in [2.75, 3.05) is 5.32 Å². The fraction of sp³-hybridized carbons (Fsp3) is 0.200. The average molecular weight is 300 g/mol. The van der Waals surface area contributed by atoms with Crippen molar-refractivity contribution in [3.8, 4) is 0 Å². The first kappa shape index (κ1) is 13.8. The van der Waals surface area contributed by atoms with Crippen molar-refractivity contribution in [1.29, 1.82) is 0 Å². The number of fused-ring (bicyclic) bond motifs is 1. The van der Waals surface area contributed by atoms with Gasteiger partial charge in [-0.3, -0.25) is 9.48 Å². The first-order valence-electron chi connectivity index (χ1n) is 6.62. The predicted octanol–water partition coefficient (Wildman–Crippen LogP) is 2.65. The second-order valence-electron chi connectivity index (χ2n) is 4.87. The van der Waals surface area contributed by atoms with Crippen molar-refractivity contribution in [3.05, 3.63) is 45.8 Å². The zero-order valence-corrected chi connectivity index (χ0v) is 12.7. The Balaban J connectivity index is 1.85. The van der Waals surface area contributed by atoms with Gasteiger partial charge in [-0.15, -0.1) is 11.3 Å². The van der Waals surface area contributed by atoms with Gasteiger partial charge in [0.25, 0.3) is 5.91 Å². The molecule has 0 unspecified atom stereocenters. The van der Waals surface area contributed by atoms with Gasteiger partial charge in [0.2, 0.25) is 0 Å². The quantitative estimate of drug-likeness (QED) is 0.781. The Hall–Kier alpha value is -2.18. The van der Waals surface area contributed by atoms with Crippen molar-refractivity contribution in [2.45, 2.75) is 13.5 Å².